The SMILES string of the molecule is COc1cc(CN2CCN(C3CCOCC3)CC2)c2nccc(C(C)C)c2c1. The van der Waals surface area contributed by atoms with Crippen LogP contribution in [0.3, 0.4) is 0 Å². The van der Waals surface area contributed by atoms with Crippen LogP contribution in [0.4, 0.5) is 0 Å². The highest BCUT2D eigenvalue weighted by atomic mass is 16.5. The average Bonchev–Trinajstić information content (AvgIpc) is 2.74. The van der Waals surface area contributed by atoms with E-state index in [1.54, 1.807) is 7.11 Å². The number of rotatable bonds is 5. The number of piperazine rings is 1. The number of nitrogens with zero attached hydrogens (tertiary/aromatic N) is 3. The number of hydrogen-bond donors (Lipinski definition) is 0. The summed E-state index contributed by atoms with van der Waals surface area (Å²) in [6, 6.07) is 7.17. The van der Waals surface area contributed by atoms with Crippen LogP contribution < -0.4 is 4.74 Å². The summed E-state index contributed by atoms with van der Waals surface area (Å²) in [5.41, 5.74) is 3.74. The summed E-state index contributed by atoms with van der Waals surface area (Å²) in [5.74, 6) is 1.40. The molecule has 5 heteroatoms. The van der Waals surface area contributed by atoms with Crippen molar-refractivity contribution in [3.63, 3.8) is 0 Å². The van der Waals surface area contributed by atoms with Crippen molar-refractivity contribution in [2.75, 3.05) is 46.5 Å². The van der Waals surface area contributed by atoms with Crippen molar-refractivity contribution in [1.82, 2.24) is 14.8 Å². The van der Waals surface area contributed by atoms with Gasteiger partial charge < -0.3 is 9.47 Å². The number of fused-ring (bicyclic) bond motifs is 1. The Kier molecular flexibility index (Phi) is 6.14. The third kappa shape index (κ3) is 4.17. The third-order valence-electron chi connectivity index (χ3n) is 6.30. The lowest BCUT2D eigenvalue weighted by atomic mass is 9.96. The molecule has 0 amide bonds. The first-order valence-corrected chi connectivity index (χ1v) is 10.7. The topological polar surface area (TPSA) is 37.8 Å². The third-order valence-corrected chi connectivity index (χ3v) is 6.30. The quantitative estimate of drug-likeness (QED) is 0.788. The molecule has 0 unspecified atom stereocenters. The lowest BCUT2D eigenvalue weighted by molar-refractivity contribution is 0.0126. The molecule has 0 saturated carbocycles. The van der Waals surface area contributed by atoms with Gasteiger partial charge in [0.1, 0.15) is 5.75 Å². The molecule has 2 aromatic rings. The molecular formula is C23H33N3O2. The van der Waals surface area contributed by atoms with Crippen LogP contribution in [-0.4, -0.2) is 67.3 Å². The lowest BCUT2D eigenvalue weighted by Crippen LogP contribution is -2.51. The summed E-state index contributed by atoms with van der Waals surface area (Å²) in [4.78, 5) is 9.97. The first-order chi connectivity index (χ1) is 13.7. The van der Waals surface area contributed by atoms with Gasteiger partial charge in [0, 0.05) is 63.6 Å². The fourth-order valence-corrected chi connectivity index (χ4v) is 4.64. The predicted molar refractivity (Wildman–Crippen MR) is 113 cm³/mol. The Morgan fingerprint density at radius 3 is 2.57 bits per heavy atom. The first-order valence-electron chi connectivity index (χ1n) is 10.7. The Balaban J connectivity index is 1.51. The molecule has 2 saturated heterocycles. The minimum absolute atomic E-state index is 0.466. The van der Waals surface area contributed by atoms with Gasteiger partial charge in [-0.15, -0.1) is 0 Å². The molecule has 2 fully saturated rings. The molecule has 2 aliphatic heterocycles. The fourth-order valence-electron chi connectivity index (χ4n) is 4.64. The van der Waals surface area contributed by atoms with Crippen molar-refractivity contribution in [3.8, 4) is 5.75 Å². The smallest absolute Gasteiger partial charge is 0.119 e. The van der Waals surface area contributed by atoms with Gasteiger partial charge in [0.05, 0.1) is 12.6 Å². The number of benzene rings is 1. The molecule has 2 aliphatic rings. The number of aromatic nitrogens is 1. The van der Waals surface area contributed by atoms with Gasteiger partial charge in [-0.3, -0.25) is 14.8 Å². The number of ether oxygens (including phenoxy) is 2. The van der Waals surface area contributed by atoms with E-state index in [0.29, 0.717) is 12.0 Å². The number of pyridine rings is 1. The van der Waals surface area contributed by atoms with Crippen molar-refractivity contribution in [2.24, 2.45) is 0 Å². The summed E-state index contributed by atoms with van der Waals surface area (Å²) in [6.45, 7) is 11.8. The highest BCUT2D eigenvalue weighted by molar-refractivity contribution is 5.87. The van der Waals surface area contributed by atoms with Gasteiger partial charge in [0.2, 0.25) is 0 Å². The van der Waals surface area contributed by atoms with E-state index >= 15 is 0 Å². The Labute approximate surface area is 168 Å². The molecule has 152 valence electrons. The molecule has 0 bridgehead atoms. The molecule has 5 nitrogen and oxygen atoms in total. The van der Waals surface area contributed by atoms with Crippen LogP contribution >= 0.6 is 0 Å². The van der Waals surface area contributed by atoms with Crippen molar-refractivity contribution in [3.05, 3.63) is 35.5 Å². The van der Waals surface area contributed by atoms with Crippen LogP contribution in [0.2, 0.25) is 0 Å². The second kappa shape index (κ2) is 8.76. The second-order valence-corrected chi connectivity index (χ2v) is 8.39. The zero-order valence-corrected chi connectivity index (χ0v) is 17.5. The molecule has 0 atom stereocenters. The van der Waals surface area contributed by atoms with Gasteiger partial charge >= 0.3 is 0 Å². The average molecular weight is 384 g/mol. The fraction of sp³-hybridized carbons (Fsp3) is 0.609. The largest absolute Gasteiger partial charge is 0.497 e. The van der Waals surface area contributed by atoms with Crippen LogP contribution in [0, 0.1) is 0 Å². The molecule has 0 N–H and O–H groups in total. The Bertz CT molecular complexity index is 794. The second-order valence-electron chi connectivity index (χ2n) is 8.39. The van der Waals surface area contributed by atoms with Gasteiger partial charge in [0.15, 0.2) is 0 Å². The summed E-state index contributed by atoms with van der Waals surface area (Å²) in [6.07, 6.45) is 4.32. The van der Waals surface area contributed by atoms with Gasteiger partial charge in [0.25, 0.3) is 0 Å². The Morgan fingerprint density at radius 1 is 1.14 bits per heavy atom. The van der Waals surface area contributed by atoms with Gasteiger partial charge in [-0.1, -0.05) is 13.8 Å². The summed E-state index contributed by atoms with van der Waals surface area (Å²) < 4.78 is 11.1. The Morgan fingerprint density at radius 2 is 1.89 bits per heavy atom. The molecule has 0 aliphatic carbocycles. The molecule has 1 aromatic heterocycles. The maximum Gasteiger partial charge on any atom is 0.119 e. The zero-order chi connectivity index (χ0) is 19.5. The maximum atomic E-state index is 5.62. The van der Waals surface area contributed by atoms with Gasteiger partial charge in [-0.05, 0) is 48.1 Å². The predicted octanol–water partition coefficient (Wildman–Crippen LogP) is 3.66. The van der Waals surface area contributed by atoms with Crippen LogP contribution in [0.5, 0.6) is 5.75 Å². The molecular weight excluding hydrogens is 350 g/mol. The van der Waals surface area contributed by atoms with E-state index in [4.69, 9.17) is 14.5 Å². The normalized spacial score (nSPS) is 20.1. The van der Waals surface area contributed by atoms with E-state index in [1.807, 2.05) is 6.20 Å². The van der Waals surface area contributed by atoms with Crippen molar-refractivity contribution < 1.29 is 9.47 Å². The lowest BCUT2D eigenvalue weighted by Gasteiger charge is -2.40. The van der Waals surface area contributed by atoms with E-state index < -0.39 is 0 Å². The van der Waals surface area contributed by atoms with E-state index in [0.717, 1.165) is 57.2 Å². The Hall–Kier alpha value is -1.69. The molecule has 3 heterocycles. The van der Waals surface area contributed by atoms with Crippen LogP contribution in [-0.2, 0) is 11.3 Å². The molecule has 1 aromatic carbocycles. The summed E-state index contributed by atoms with van der Waals surface area (Å²) >= 11 is 0. The van der Waals surface area contributed by atoms with E-state index in [9.17, 15) is 0 Å². The number of hydrogen-bond acceptors (Lipinski definition) is 5. The van der Waals surface area contributed by atoms with E-state index in [1.165, 1.54) is 29.4 Å². The minimum Gasteiger partial charge on any atom is -0.497 e. The van der Waals surface area contributed by atoms with Crippen LogP contribution in [0.1, 0.15) is 43.7 Å². The standard InChI is InChI=1S/C23H33N3O2/c1-17(2)21-4-7-24-23-18(14-20(27-3)15-22(21)23)16-25-8-10-26(11-9-25)19-5-12-28-13-6-19/h4,7,14-15,17,19H,5-6,8-13,16H2,1-3H3. The number of methoxy groups -OCH3 is 1. The van der Waals surface area contributed by atoms with Crippen LogP contribution in [0.25, 0.3) is 10.9 Å². The zero-order valence-electron chi connectivity index (χ0n) is 17.5. The minimum atomic E-state index is 0.466. The van der Waals surface area contributed by atoms with Crippen molar-refractivity contribution in [2.45, 2.75) is 45.2 Å². The highest BCUT2D eigenvalue weighted by Crippen LogP contribution is 2.31. The van der Waals surface area contributed by atoms with E-state index in [-0.39, 0.29) is 0 Å². The maximum absolute atomic E-state index is 5.62. The van der Waals surface area contributed by atoms with Crippen molar-refractivity contribution in [1.29, 1.82) is 0 Å². The van der Waals surface area contributed by atoms with Gasteiger partial charge in [-0.2, -0.15) is 0 Å². The summed E-state index contributed by atoms with van der Waals surface area (Å²) in [5, 5.41) is 1.23. The highest BCUT2D eigenvalue weighted by Gasteiger charge is 2.26. The summed E-state index contributed by atoms with van der Waals surface area (Å²) in [7, 11) is 1.75. The molecule has 28 heavy (non-hydrogen) atoms. The first kappa shape index (κ1) is 19.6. The van der Waals surface area contributed by atoms with Crippen molar-refractivity contribution >= 4 is 10.9 Å². The molecule has 0 spiro atoms. The van der Waals surface area contributed by atoms with Gasteiger partial charge in [-0.25, -0.2) is 0 Å². The molecule has 4 rings (SSSR count). The van der Waals surface area contributed by atoms with E-state index in [2.05, 4.69) is 41.8 Å². The molecule has 0 radical (unpaired) electrons. The monoisotopic (exact) mass is 383 g/mol. The van der Waals surface area contributed by atoms with Crippen LogP contribution in [0.15, 0.2) is 24.4 Å².